The molecular weight excluding hydrogens is 444 g/mol. The van der Waals surface area contributed by atoms with E-state index in [2.05, 4.69) is 10.6 Å². The van der Waals surface area contributed by atoms with Gasteiger partial charge in [0.25, 0.3) is 11.8 Å². The molecule has 1 fully saturated rings. The summed E-state index contributed by atoms with van der Waals surface area (Å²) in [5, 5.41) is 6.11. The van der Waals surface area contributed by atoms with E-state index < -0.39 is 6.04 Å². The van der Waals surface area contributed by atoms with Crippen molar-refractivity contribution in [2.45, 2.75) is 45.8 Å². The monoisotopic (exact) mass is 468 g/mol. The average molecular weight is 469 g/mol. The summed E-state index contributed by atoms with van der Waals surface area (Å²) in [5.41, 5.74) is 3.70. The summed E-state index contributed by atoms with van der Waals surface area (Å²) in [6.07, 6.45) is 0.590. The summed E-state index contributed by atoms with van der Waals surface area (Å²) in [5.74, 6) is -0.714. The van der Waals surface area contributed by atoms with E-state index >= 15 is 0 Å². The molecule has 2 aromatic carbocycles. The lowest BCUT2D eigenvalue weighted by atomic mass is 10.0. The highest BCUT2D eigenvalue weighted by molar-refractivity contribution is 6.31. The standard InChI is InChI=1S/C24H25ClN4O4/c1-3-28-21(30)9-8-20(23(28)32)29-13-16-10-15(5-7-18(16)22(29)31)12-26-24(33)27-17-6-4-14(2)19(25)11-17/h4-7,10-11,20H,3,8-9,12-13H2,1-2H3,(H2,26,27,33). The summed E-state index contributed by atoms with van der Waals surface area (Å²) < 4.78 is 0. The number of carbonyl (C=O) groups excluding carboxylic acids is 4. The second-order valence-electron chi connectivity index (χ2n) is 8.23. The summed E-state index contributed by atoms with van der Waals surface area (Å²) in [4.78, 5) is 52.7. The fourth-order valence-corrected chi connectivity index (χ4v) is 4.41. The first-order chi connectivity index (χ1) is 15.8. The topological polar surface area (TPSA) is 98.8 Å². The van der Waals surface area contributed by atoms with Crippen molar-refractivity contribution in [3.63, 3.8) is 0 Å². The molecule has 2 aliphatic rings. The largest absolute Gasteiger partial charge is 0.334 e. The van der Waals surface area contributed by atoms with Crippen molar-refractivity contribution in [3.8, 4) is 0 Å². The third-order valence-electron chi connectivity index (χ3n) is 6.06. The maximum Gasteiger partial charge on any atom is 0.319 e. The lowest BCUT2D eigenvalue weighted by molar-refractivity contribution is -0.151. The van der Waals surface area contributed by atoms with Crippen LogP contribution in [0.2, 0.25) is 5.02 Å². The van der Waals surface area contributed by atoms with Gasteiger partial charge in [-0.25, -0.2) is 4.79 Å². The number of anilines is 1. The molecule has 0 bridgehead atoms. The number of rotatable bonds is 5. The zero-order valence-corrected chi connectivity index (χ0v) is 19.2. The van der Waals surface area contributed by atoms with Crippen LogP contribution in [0.4, 0.5) is 10.5 Å². The fraction of sp³-hybridized carbons (Fsp3) is 0.333. The summed E-state index contributed by atoms with van der Waals surface area (Å²) in [6.45, 7) is 4.51. The zero-order chi connectivity index (χ0) is 23.7. The number of nitrogens with one attached hydrogen (secondary N) is 2. The molecule has 172 valence electrons. The summed E-state index contributed by atoms with van der Waals surface area (Å²) in [7, 11) is 0. The van der Waals surface area contributed by atoms with E-state index in [4.69, 9.17) is 11.6 Å². The Bertz CT molecular complexity index is 1150. The van der Waals surface area contributed by atoms with Gasteiger partial charge >= 0.3 is 6.03 Å². The van der Waals surface area contributed by atoms with Gasteiger partial charge in [-0.3, -0.25) is 19.3 Å². The predicted molar refractivity (Wildman–Crippen MR) is 124 cm³/mol. The SMILES string of the molecule is CCN1C(=O)CCC(N2Cc3cc(CNC(=O)Nc4ccc(C)c(Cl)c4)ccc3C2=O)C1=O. The van der Waals surface area contributed by atoms with Gasteiger partial charge in [0, 0.05) is 42.3 Å². The maximum absolute atomic E-state index is 12.9. The highest BCUT2D eigenvalue weighted by Crippen LogP contribution is 2.29. The number of fused-ring (bicyclic) bond motifs is 1. The van der Waals surface area contributed by atoms with Gasteiger partial charge < -0.3 is 15.5 Å². The number of likely N-dealkylation sites (N-methyl/N-ethyl adjacent to an activating group) is 1. The second-order valence-corrected chi connectivity index (χ2v) is 8.63. The Kier molecular flexibility index (Phi) is 6.37. The van der Waals surface area contributed by atoms with E-state index in [1.165, 1.54) is 4.90 Å². The van der Waals surface area contributed by atoms with Gasteiger partial charge in [0.15, 0.2) is 0 Å². The summed E-state index contributed by atoms with van der Waals surface area (Å²) >= 11 is 6.09. The first kappa shape index (κ1) is 22.8. The number of likely N-dealkylation sites (tertiary alicyclic amines) is 1. The number of halogens is 1. The van der Waals surface area contributed by atoms with Crippen LogP contribution in [-0.4, -0.2) is 46.1 Å². The molecule has 0 radical (unpaired) electrons. The van der Waals surface area contributed by atoms with Gasteiger partial charge in [-0.2, -0.15) is 0 Å². The highest BCUT2D eigenvalue weighted by Gasteiger charge is 2.42. The molecule has 2 heterocycles. The first-order valence-electron chi connectivity index (χ1n) is 10.9. The number of urea groups is 1. The molecule has 2 N–H and O–H groups in total. The minimum atomic E-state index is -0.628. The van der Waals surface area contributed by atoms with Crippen LogP contribution >= 0.6 is 11.6 Å². The second kappa shape index (κ2) is 9.23. The van der Waals surface area contributed by atoms with Gasteiger partial charge in [0.1, 0.15) is 6.04 Å². The molecule has 1 unspecified atom stereocenters. The Balaban J connectivity index is 1.39. The predicted octanol–water partition coefficient (Wildman–Crippen LogP) is 3.46. The van der Waals surface area contributed by atoms with Crippen LogP contribution in [0.15, 0.2) is 36.4 Å². The number of benzene rings is 2. The van der Waals surface area contributed by atoms with E-state index in [1.807, 2.05) is 19.1 Å². The van der Waals surface area contributed by atoms with Crippen molar-refractivity contribution in [1.29, 1.82) is 0 Å². The number of hydrogen-bond acceptors (Lipinski definition) is 4. The van der Waals surface area contributed by atoms with E-state index in [0.29, 0.717) is 35.8 Å². The Morgan fingerprint density at radius 1 is 1.15 bits per heavy atom. The number of hydrogen-bond donors (Lipinski definition) is 2. The van der Waals surface area contributed by atoms with Crippen molar-refractivity contribution >= 4 is 41.0 Å². The number of amides is 5. The average Bonchev–Trinajstić information content (AvgIpc) is 3.11. The molecule has 2 aromatic rings. The molecule has 0 spiro atoms. The highest BCUT2D eigenvalue weighted by atomic mass is 35.5. The molecule has 1 saturated heterocycles. The molecule has 8 nitrogen and oxygen atoms in total. The number of imide groups is 1. The molecule has 5 amide bonds. The van der Waals surface area contributed by atoms with Gasteiger partial charge in [0.05, 0.1) is 0 Å². The Labute approximate surface area is 196 Å². The Morgan fingerprint density at radius 3 is 2.67 bits per heavy atom. The maximum atomic E-state index is 12.9. The Morgan fingerprint density at radius 2 is 1.94 bits per heavy atom. The smallest absolute Gasteiger partial charge is 0.319 e. The van der Waals surface area contributed by atoms with Crippen LogP contribution in [-0.2, 0) is 22.7 Å². The van der Waals surface area contributed by atoms with Crippen LogP contribution in [0.5, 0.6) is 0 Å². The lowest BCUT2D eigenvalue weighted by Gasteiger charge is -2.34. The molecule has 0 aliphatic carbocycles. The summed E-state index contributed by atoms with van der Waals surface area (Å²) in [6, 6.07) is 9.67. The molecule has 1 atom stereocenters. The lowest BCUT2D eigenvalue weighted by Crippen LogP contribution is -2.54. The van der Waals surface area contributed by atoms with Gasteiger partial charge in [0.2, 0.25) is 5.91 Å². The van der Waals surface area contributed by atoms with Crippen LogP contribution in [0.3, 0.4) is 0 Å². The molecule has 33 heavy (non-hydrogen) atoms. The molecule has 4 rings (SSSR count). The Hall–Kier alpha value is -3.39. The molecule has 0 saturated carbocycles. The first-order valence-corrected chi connectivity index (χ1v) is 11.2. The van der Waals surface area contributed by atoms with Crippen molar-refractivity contribution in [3.05, 3.63) is 63.7 Å². The van der Waals surface area contributed by atoms with Crippen LogP contribution in [0.25, 0.3) is 0 Å². The fourth-order valence-electron chi connectivity index (χ4n) is 4.23. The molecule has 0 aromatic heterocycles. The third-order valence-corrected chi connectivity index (χ3v) is 6.47. The number of piperidine rings is 1. The molecular formula is C24H25ClN4O4. The van der Waals surface area contributed by atoms with Gasteiger partial charge in [-0.05, 0) is 55.2 Å². The number of carbonyl (C=O) groups is 4. The van der Waals surface area contributed by atoms with Crippen molar-refractivity contribution in [2.24, 2.45) is 0 Å². The van der Waals surface area contributed by atoms with Gasteiger partial charge in [-0.15, -0.1) is 0 Å². The van der Waals surface area contributed by atoms with Crippen LogP contribution in [0.1, 0.15) is 46.8 Å². The minimum absolute atomic E-state index is 0.192. The van der Waals surface area contributed by atoms with Crippen molar-refractivity contribution in [2.75, 3.05) is 11.9 Å². The zero-order valence-electron chi connectivity index (χ0n) is 18.5. The molecule has 9 heteroatoms. The van der Waals surface area contributed by atoms with E-state index in [0.717, 1.165) is 16.7 Å². The van der Waals surface area contributed by atoms with E-state index in [-0.39, 0.29) is 36.7 Å². The minimum Gasteiger partial charge on any atom is -0.334 e. The van der Waals surface area contributed by atoms with Crippen LogP contribution in [0, 0.1) is 6.92 Å². The van der Waals surface area contributed by atoms with Crippen molar-refractivity contribution < 1.29 is 19.2 Å². The number of aryl methyl sites for hydroxylation is 1. The number of nitrogens with zero attached hydrogens (tertiary/aromatic N) is 2. The molecule has 2 aliphatic heterocycles. The van der Waals surface area contributed by atoms with Crippen molar-refractivity contribution in [1.82, 2.24) is 15.1 Å². The van der Waals surface area contributed by atoms with E-state index in [9.17, 15) is 19.2 Å². The van der Waals surface area contributed by atoms with Gasteiger partial charge in [-0.1, -0.05) is 29.8 Å². The normalized spacial score (nSPS) is 17.9. The third kappa shape index (κ3) is 4.57. The quantitative estimate of drug-likeness (QED) is 0.656. The van der Waals surface area contributed by atoms with E-state index in [1.54, 1.807) is 36.1 Å². The van der Waals surface area contributed by atoms with Crippen LogP contribution < -0.4 is 10.6 Å².